The van der Waals surface area contributed by atoms with Crippen LogP contribution in [0, 0.1) is 21.7 Å². The van der Waals surface area contributed by atoms with Crippen molar-refractivity contribution in [2.75, 3.05) is 191 Å². The Morgan fingerprint density at radius 1 is 0.235 bits per heavy atom. The van der Waals surface area contributed by atoms with E-state index in [9.17, 15) is 62.6 Å². The summed E-state index contributed by atoms with van der Waals surface area (Å²) in [6, 6.07) is 0. The highest BCUT2D eigenvalue weighted by atomic mass is 79.9. The molecule has 0 aliphatic carbocycles. The highest BCUT2D eigenvalue weighted by Gasteiger charge is 2.43. The molecular weight excluding hydrogens is 2150 g/mol. The SMILES string of the molecule is CC(C)(Br)C(=O)NCC(CNC(=O)C(C)(C)Br)(CNC(=O)C(C)(C)Br)COCCC(=O)NCC(CNC(=O)CCOCC(CNC(=O)C(C)(C)Br)(CNC(=O)C(C)(C)Br)CNC(=O)C(C)(C)Br)(CNC(=O)CCOCC(CNC(=O)C(C)(C)Br)(CNC(=O)C(C)(C)Br)CNC(=O)C(C)(C)Br)COCCOCCOCCOCCOCC(O)CO. The number of rotatable bonds is 65. The van der Waals surface area contributed by atoms with Gasteiger partial charge in [0.1, 0.15) is 6.10 Å². The van der Waals surface area contributed by atoms with Crippen molar-refractivity contribution in [3.63, 3.8) is 0 Å². The Labute approximate surface area is 778 Å². The number of hydrogen-bond acceptors (Lipinski definition) is 22. The third-order valence-electron chi connectivity index (χ3n) is 17.5. The van der Waals surface area contributed by atoms with Crippen LogP contribution >= 0.6 is 143 Å². The average molecular weight is 2290 g/mol. The van der Waals surface area contributed by atoms with Crippen LogP contribution in [0.25, 0.3) is 0 Å². The largest absolute Gasteiger partial charge is 0.394 e. The van der Waals surface area contributed by atoms with E-state index in [0.717, 1.165) is 0 Å². The molecule has 0 saturated carbocycles. The van der Waals surface area contributed by atoms with Crippen molar-refractivity contribution >= 4 is 214 Å². The van der Waals surface area contributed by atoms with Gasteiger partial charge >= 0.3 is 0 Å². The standard InChI is InChI=1S/C76H133Br9N12O22/c1-64(2,77)55(103)89-38-74(39-90-56(104)65(3,4)78,40-91-57(105)66(5,6)79)47-116-22-19-52(100)86-35-73(50-119-32-30-114-28-26-112-25-27-113-29-31-115-34-51(99)33-98,36-87-53(101)20-23-117-48-75(41-92-58(106)67(7,8)80,42-93-59(107)68(9,10)81)43-94-60(108)69(11,12)82)37-88-54(102)21-24-118-49-76(44-95-61(109)70(13,14)83,45-96-62(110)71(15,16)84)46-97-63(111)72(17,18)85/h51,98-99H,19-50H2,1-18H3,(H,86,100)(H,87,101)(H,88,102)(H,89,103)(H,90,104)(H,91,105)(H,92,106)(H,93,107)(H,94,108)(H,95,109)(H,96,110)(H,97,111). The molecule has 0 heterocycles. The molecule has 1 unspecified atom stereocenters. The van der Waals surface area contributed by atoms with Crippen molar-refractivity contribution in [2.24, 2.45) is 21.7 Å². The maximum absolute atomic E-state index is 14.4. The maximum Gasteiger partial charge on any atom is 0.236 e. The average Bonchev–Trinajstić information content (AvgIpc) is 0.843. The summed E-state index contributed by atoms with van der Waals surface area (Å²) in [5, 5.41) is 53.4. The zero-order valence-electron chi connectivity index (χ0n) is 72.2. The van der Waals surface area contributed by atoms with E-state index < -0.39 is 144 Å². The van der Waals surface area contributed by atoms with Crippen LogP contribution in [-0.2, 0) is 95.4 Å². The number of carbonyl (C=O) groups is 12. The number of nitrogens with one attached hydrogen (secondary N) is 12. The lowest BCUT2D eigenvalue weighted by molar-refractivity contribution is -0.126. The molecule has 0 bridgehead atoms. The molecule has 0 aromatic rings. The topological polar surface area (TPSA) is 464 Å². The lowest BCUT2D eigenvalue weighted by atomic mass is 9.87. The van der Waals surface area contributed by atoms with Crippen LogP contribution in [0.5, 0.6) is 0 Å². The molecule has 0 fully saturated rings. The number of amides is 12. The van der Waals surface area contributed by atoms with E-state index in [1.54, 1.807) is 125 Å². The lowest BCUT2D eigenvalue weighted by Gasteiger charge is -2.36. The summed E-state index contributed by atoms with van der Waals surface area (Å²) in [7, 11) is 0. The first-order valence-electron chi connectivity index (χ1n) is 38.9. The van der Waals surface area contributed by atoms with E-state index >= 15 is 0 Å². The Morgan fingerprint density at radius 3 is 0.538 bits per heavy atom. The first kappa shape index (κ1) is 117. The molecule has 0 saturated heterocycles. The van der Waals surface area contributed by atoms with E-state index in [2.05, 4.69) is 207 Å². The molecule has 692 valence electrons. The van der Waals surface area contributed by atoms with Crippen molar-refractivity contribution in [3.05, 3.63) is 0 Å². The summed E-state index contributed by atoms with van der Waals surface area (Å²) in [6.45, 7) is 26.8. The summed E-state index contributed by atoms with van der Waals surface area (Å²) < 4.78 is 38.1. The number of aliphatic hydroxyl groups is 2. The Morgan fingerprint density at radius 2 is 0.378 bits per heavy atom. The van der Waals surface area contributed by atoms with Gasteiger partial charge in [0.15, 0.2) is 0 Å². The zero-order chi connectivity index (χ0) is 91.8. The minimum Gasteiger partial charge on any atom is -0.394 e. The van der Waals surface area contributed by atoms with Crippen molar-refractivity contribution in [1.29, 1.82) is 0 Å². The van der Waals surface area contributed by atoms with Crippen LogP contribution in [-0.4, -0.2) is 317 Å². The molecule has 12 amide bonds. The van der Waals surface area contributed by atoms with Gasteiger partial charge in [-0.1, -0.05) is 143 Å². The van der Waals surface area contributed by atoms with Crippen molar-refractivity contribution in [1.82, 2.24) is 63.8 Å². The van der Waals surface area contributed by atoms with Crippen LogP contribution in [0.4, 0.5) is 0 Å². The fraction of sp³-hybridized carbons (Fsp3) is 0.842. The van der Waals surface area contributed by atoms with Gasteiger partial charge in [-0.25, -0.2) is 0 Å². The molecule has 43 heteroatoms. The molecule has 119 heavy (non-hydrogen) atoms. The summed E-state index contributed by atoms with van der Waals surface area (Å²) in [4.78, 5) is 164. The normalized spacial score (nSPS) is 13.3. The molecule has 0 rings (SSSR count). The molecule has 14 N–H and O–H groups in total. The number of alkyl halides is 9. The summed E-state index contributed by atoms with van der Waals surface area (Å²) in [6.07, 6.45) is -1.87. The fourth-order valence-electron chi connectivity index (χ4n) is 9.49. The molecule has 0 spiro atoms. The highest BCUT2D eigenvalue weighted by Crippen LogP contribution is 2.28. The molecule has 0 aromatic heterocycles. The van der Waals surface area contributed by atoms with Gasteiger partial charge in [0.05, 0.1) is 151 Å². The Balaban J connectivity index is 7.92. The van der Waals surface area contributed by atoms with E-state index in [1.807, 2.05) is 0 Å². The summed E-state index contributed by atoms with van der Waals surface area (Å²) in [5.41, 5.74) is -5.05. The van der Waals surface area contributed by atoms with Crippen LogP contribution < -0.4 is 63.8 Å². The maximum atomic E-state index is 14.4. The van der Waals surface area contributed by atoms with E-state index in [1.165, 1.54) is 0 Å². The van der Waals surface area contributed by atoms with Crippen molar-refractivity contribution < 1.29 is 106 Å². The lowest BCUT2D eigenvalue weighted by Crippen LogP contribution is -2.57. The predicted octanol–water partition coefficient (Wildman–Crippen LogP) is 4.54. The van der Waals surface area contributed by atoms with Gasteiger partial charge in [-0.3, -0.25) is 57.5 Å². The van der Waals surface area contributed by atoms with Crippen LogP contribution in [0.3, 0.4) is 0 Å². The van der Waals surface area contributed by atoms with E-state index in [4.69, 9.17) is 43.0 Å². The van der Waals surface area contributed by atoms with Crippen molar-refractivity contribution in [2.45, 2.75) is 189 Å². The predicted molar refractivity (Wildman–Crippen MR) is 486 cm³/mol. The van der Waals surface area contributed by atoms with Gasteiger partial charge < -0.3 is 112 Å². The third-order valence-corrected chi connectivity index (χ3v) is 20.8. The molecule has 1 atom stereocenters. The first-order chi connectivity index (χ1) is 54.4. The van der Waals surface area contributed by atoms with Gasteiger partial charge in [0, 0.05) is 119 Å². The van der Waals surface area contributed by atoms with Gasteiger partial charge in [-0.15, -0.1) is 0 Å². The number of hydrogen-bond donors (Lipinski definition) is 14. The van der Waals surface area contributed by atoms with Crippen LogP contribution in [0.1, 0.15) is 144 Å². The highest BCUT2D eigenvalue weighted by molar-refractivity contribution is 9.11. The van der Waals surface area contributed by atoms with Gasteiger partial charge in [0.2, 0.25) is 70.9 Å². The molecular formula is C76H133Br9N12O22. The van der Waals surface area contributed by atoms with Crippen molar-refractivity contribution in [3.8, 4) is 0 Å². The first-order valence-corrected chi connectivity index (χ1v) is 46.0. The second-order valence-corrected chi connectivity index (χ2v) is 51.8. The molecule has 0 aromatic carbocycles. The zero-order valence-corrected chi connectivity index (χ0v) is 86.4. The monoisotopic (exact) mass is 2280 g/mol. The molecule has 0 radical (unpaired) electrons. The number of ether oxygens (including phenoxy) is 8. The Kier molecular flexibility index (Phi) is 53.5. The van der Waals surface area contributed by atoms with E-state index in [0.29, 0.717) is 0 Å². The molecule has 34 nitrogen and oxygen atoms in total. The van der Waals surface area contributed by atoms with E-state index in [-0.39, 0.29) is 204 Å². The second-order valence-electron chi connectivity index (χ2n) is 33.9. The van der Waals surface area contributed by atoms with Gasteiger partial charge in [0.25, 0.3) is 0 Å². The third kappa shape index (κ3) is 52.5. The second kappa shape index (κ2) is 54.7. The molecule has 0 aliphatic rings. The minimum absolute atomic E-state index is 0.0283. The number of carbonyl (C=O) groups excluding carboxylic acids is 12. The number of aliphatic hydroxyl groups excluding tert-OH is 2. The molecule has 0 aliphatic heterocycles. The van der Waals surface area contributed by atoms with Crippen LogP contribution in [0.2, 0.25) is 0 Å². The Bertz CT molecular complexity index is 2670. The smallest absolute Gasteiger partial charge is 0.236 e. The fourth-order valence-corrected chi connectivity index (χ4v) is 10.7. The summed E-state index contributed by atoms with van der Waals surface area (Å²) in [5.74, 6) is -5.39. The summed E-state index contributed by atoms with van der Waals surface area (Å²) >= 11 is 30.6. The van der Waals surface area contributed by atoms with Gasteiger partial charge in [-0.05, 0) is 125 Å². The minimum atomic E-state index is -1.41. The van der Waals surface area contributed by atoms with Gasteiger partial charge in [-0.2, -0.15) is 0 Å². The number of halogens is 9. The quantitative estimate of drug-likeness (QED) is 0.0293. The van der Waals surface area contributed by atoms with Crippen LogP contribution in [0.15, 0.2) is 0 Å². The Hall–Kier alpha value is -2.44.